The number of carbonyl (C=O) groups excluding carboxylic acids is 1. The lowest BCUT2D eigenvalue weighted by atomic mass is 10.1. The molecule has 0 aromatic carbocycles. The molecule has 0 saturated carbocycles. The quantitative estimate of drug-likeness (QED) is 0.909. The largest absolute Gasteiger partial charge is 0.362 e. The Morgan fingerprint density at radius 1 is 1.47 bits per heavy atom. The van der Waals surface area contributed by atoms with Gasteiger partial charge in [0.05, 0.1) is 17.1 Å². The number of amides is 1. The van der Waals surface area contributed by atoms with Gasteiger partial charge >= 0.3 is 0 Å². The SMILES string of the molecule is CCN(C(=O)c1cc(C)[nH]c1C)C1CCS(=O)(=O)C1. The Hall–Kier alpha value is -1.30. The summed E-state index contributed by atoms with van der Waals surface area (Å²) in [7, 11) is -2.97. The van der Waals surface area contributed by atoms with Crippen LogP contribution in [0.25, 0.3) is 0 Å². The van der Waals surface area contributed by atoms with E-state index in [-0.39, 0.29) is 23.5 Å². The molecule has 106 valence electrons. The first kappa shape index (κ1) is 14.1. The number of nitrogens with zero attached hydrogens (tertiary/aromatic N) is 1. The molecule has 1 unspecified atom stereocenters. The molecule has 1 amide bonds. The number of aryl methyl sites for hydroxylation is 2. The maximum Gasteiger partial charge on any atom is 0.255 e. The molecule has 0 aliphatic carbocycles. The molecule has 1 aliphatic rings. The smallest absolute Gasteiger partial charge is 0.255 e. The number of H-pyrrole nitrogens is 1. The Bertz CT molecular complexity index is 589. The predicted molar refractivity (Wildman–Crippen MR) is 74.0 cm³/mol. The molecule has 1 saturated heterocycles. The second-order valence-electron chi connectivity index (χ2n) is 5.14. The zero-order valence-electron chi connectivity index (χ0n) is 11.6. The number of hydrogen-bond donors (Lipinski definition) is 1. The van der Waals surface area contributed by atoms with Crippen LogP contribution in [-0.2, 0) is 9.84 Å². The van der Waals surface area contributed by atoms with Crippen LogP contribution in [0.3, 0.4) is 0 Å². The van der Waals surface area contributed by atoms with Crippen molar-refractivity contribution in [2.45, 2.75) is 33.2 Å². The summed E-state index contributed by atoms with van der Waals surface area (Å²) < 4.78 is 23.1. The third kappa shape index (κ3) is 2.83. The summed E-state index contributed by atoms with van der Waals surface area (Å²) in [5.41, 5.74) is 2.42. The molecule has 19 heavy (non-hydrogen) atoms. The molecule has 0 spiro atoms. The van der Waals surface area contributed by atoms with Crippen LogP contribution < -0.4 is 0 Å². The number of carbonyl (C=O) groups is 1. The number of aromatic nitrogens is 1. The van der Waals surface area contributed by atoms with Gasteiger partial charge in [0.2, 0.25) is 0 Å². The number of sulfone groups is 1. The summed E-state index contributed by atoms with van der Waals surface area (Å²) in [6.07, 6.45) is 0.546. The lowest BCUT2D eigenvalue weighted by Gasteiger charge is -2.26. The van der Waals surface area contributed by atoms with Crippen LogP contribution in [0.1, 0.15) is 35.1 Å². The van der Waals surface area contributed by atoms with Crippen molar-refractivity contribution in [1.82, 2.24) is 9.88 Å². The zero-order valence-corrected chi connectivity index (χ0v) is 12.4. The van der Waals surface area contributed by atoms with Gasteiger partial charge in [0.25, 0.3) is 5.91 Å². The summed E-state index contributed by atoms with van der Waals surface area (Å²) in [6.45, 7) is 6.18. The van der Waals surface area contributed by atoms with Gasteiger partial charge in [-0.3, -0.25) is 4.79 Å². The van der Waals surface area contributed by atoms with Gasteiger partial charge in [-0.15, -0.1) is 0 Å². The molecule has 1 aromatic rings. The lowest BCUT2D eigenvalue weighted by molar-refractivity contribution is 0.0708. The first-order valence-corrected chi connectivity index (χ1v) is 8.34. The molecule has 2 rings (SSSR count). The van der Waals surface area contributed by atoms with E-state index in [1.807, 2.05) is 26.8 Å². The highest BCUT2D eigenvalue weighted by Gasteiger charge is 2.34. The summed E-state index contributed by atoms with van der Waals surface area (Å²) in [5, 5.41) is 0. The van der Waals surface area contributed by atoms with Crippen LogP contribution in [0, 0.1) is 13.8 Å². The number of nitrogens with one attached hydrogen (secondary N) is 1. The molecule has 1 N–H and O–H groups in total. The average molecular weight is 284 g/mol. The summed E-state index contributed by atoms with van der Waals surface area (Å²) in [6, 6.07) is 1.64. The highest BCUT2D eigenvalue weighted by Crippen LogP contribution is 2.21. The van der Waals surface area contributed by atoms with Gasteiger partial charge in [0, 0.05) is 24.0 Å². The predicted octanol–water partition coefficient (Wildman–Crippen LogP) is 1.28. The van der Waals surface area contributed by atoms with E-state index in [1.165, 1.54) is 0 Å². The van der Waals surface area contributed by atoms with Gasteiger partial charge < -0.3 is 9.88 Å². The number of hydrogen-bond acceptors (Lipinski definition) is 3. The Balaban J connectivity index is 2.23. The van der Waals surface area contributed by atoms with Gasteiger partial charge in [-0.2, -0.15) is 0 Å². The number of aromatic amines is 1. The van der Waals surface area contributed by atoms with E-state index < -0.39 is 9.84 Å². The van der Waals surface area contributed by atoms with Crippen molar-refractivity contribution in [3.63, 3.8) is 0 Å². The van der Waals surface area contributed by atoms with E-state index in [0.717, 1.165) is 11.4 Å². The van der Waals surface area contributed by atoms with Gasteiger partial charge in [-0.25, -0.2) is 8.42 Å². The Kier molecular flexibility index (Phi) is 3.71. The molecule has 5 nitrogen and oxygen atoms in total. The Morgan fingerprint density at radius 2 is 2.16 bits per heavy atom. The normalized spacial score (nSPS) is 21.5. The van der Waals surface area contributed by atoms with Gasteiger partial charge in [0.1, 0.15) is 0 Å². The fourth-order valence-electron chi connectivity index (χ4n) is 2.69. The van der Waals surface area contributed by atoms with Crippen LogP contribution in [0.4, 0.5) is 0 Å². The molecule has 1 atom stereocenters. The zero-order chi connectivity index (χ0) is 14.2. The third-order valence-electron chi connectivity index (χ3n) is 3.63. The van der Waals surface area contributed by atoms with Crippen molar-refractivity contribution in [1.29, 1.82) is 0 Å². The van der Waals surface area contributed by atoms with E-state index in [9.17, 15) is 13.2 Å². The van der Waals surface area contributed by atoms with Crippen LogP contribution in [0.5, 0.6) is 0 Å². The van der Waals surface area contributed by atoms with Crippen molar-refractivity contribution in [3.8, 4) is 0 Å². The number of rotatable bonds is 3. The van der Waals surface area contributed by atoms with Crippen LogP contribution >= 0.6 is 0 Å². The topological polar surface area (TPSA) is 70.2 Å². The monoisotopic (exact) mass is 284 g/mol. The molecule has 0 radical (unpaired) electrons. The van der Waals surface area contributed by atoms with Crippen molar-refractivity contribution in [2.24, 2.45) is 0 Å². The fourth-order valence-corrected chi connectivity index (χ4v) is 4.42. The Labute approximate surface area is 113 Å². The van der Waals surface area contributed by atoms with E-state index in [2.05, 4.69) is 4.98 Å². The van der Waals surface area contributed by atoms with Gasteiger partial charge in [-0.1, -0.05) is 0 Å². The first-order valence-electron chi connectivity index (χ1n) is 6.51. The minimum Gasteiger partial charge on any atom is -0.362 e. The van der Waals surface area contributed by atoms with Crippen molar-refractivity contribution >= 4 is 15.7 Å². The second kappa shape index (κ2) is 5.00. The standard InChI is InChI=1S/C13H20N2O3S/c1-4-15(11-5-6-19(17,18)8-11)13(16)12-7-9(2)14-10(12)3/h7,11,14H,4-6,8H2,1-3H3. The molecular formula is C13H20N2O3S. The fraction of sp³-hybridized carbons (Fsp3) is 0.615. The van der Waals surface area contributed by atoms with Crippen LogP contribution in [0.2, 0.25) is 0 Å². The minimum atomic E-state index is -2.97. The van der Waals surface area contributed by atoms with E-state index in [4.69, 9.17) is 0 Å². The maximum atomic E-state index is 12.5. The third-order valence-corrected chi connectivity index (χ3v) is 5.38. The average Bonchev–Trinajstić information content (AvgIpc) is 2.82. The molecule has 2 heterocycles. The van der Waals surface area contributed by atoms with Crippen molar-refractivity contribution in [2.75, 3.05) is 18.1 Å². The molecule has 1 fully saturated rings. The molecule has 0 bridgehead atoms. The van der Waals surface area contributed by atoms with E-state index >= 15 is 0 Å². The highest BCUT2D eigenvalue weighted by atomic mass is 32.2. The Morgan fingerprint density at radius 3 is 2.58 bits per heavy atom. The van der Waals surface area contributed by atoms with Crippen LogP contribution in [-0.4, -0.2) is 48.3 Å². The molecule has 1 aromatic heterocycles. The van der Waals surface area contributed by atoms with Crippen molar-refractivity contribution < 1.29 is 13.2 Å². The van der Waals surface area contributed by atoms with E-state index in [1.54, 1.807) is 4.90 Å². The van der Waals surface area contributed by atoms with Crippen LogP contribution in [0.15, 0.2) is 6.07 Å². The second-order valence-corrected chi connectivity index (χ2v) is 7.37. The minimum absolute atomic E-state index is 0.0774. The van der Waals surface area contributed by atoms with E-state index in [0.29, 0.717) is 18.5 Å². The summed E-state index contributed by atoms with van der Waals surface area (Å²) in [5.74, 6) is 0.202. The van der Waals surface area contributed by atoms with Crippen molar-refractivity contribution in [3.05, 3.63) is 23.0 Å². The lowest BCUT2D eigenvalue weighted by Crippen LogP contribution is -2.41. The van der Waals surface area contributed by atoms with Gasteiger partial charge in [-0.05, 0) is 33.3 Å². The molecule has 1 aliphatic heterocycles. The molecular weight excluding hydrogens is 264 g/mol. The first-order chi connectivity index (χ1) is 8.84. The summed E-state index contributed by atoms with van der Waals surface area (Å²) >= 11 is 0. The maximum absolute atomic E-state index is 12.5. The summed E-state index contributed by atoms with van der Waals surface area (Å²) in [4.78, 5) is 17.3. The highest BCUT2D eigenvalue weighted by molar-refractivity contribution is 7.91. The van der Waals surface area contributed by atoms with Gasteiger partial charge in [0.15, 0.2) is 9.84 Å². The molecule has 6 heteroatoms.